The number of hydroxylamine groups is 2. The molecule has 3 aromatic rings. The van der Waals surface area contributed by atoms with E-state index in [0.717, 1.165) is 23.5 Å². The topological polar surface area (TPSA) is 280 Å². The van der Waals surface area contributed by atoms with Crippen molar-refractivity contribution in [1.82, 2.24) is 30.2 Å². The number of aryl methyl sites for hydroxylation is 1. The van der Waals surface area contributed by atoms with Gasteiger partial charge < -0.3 is 36.8 Å². The molecule has 20 nitrogen and oxygen atoms in total. The molecule has 5 heterocycles. The Kier molecular flexibility index (Phi) is 10.9. The molecule has 0 aromatic carbocycles. The number of aromatic nitrogens is 4. The molecule has 2 amide bonds. The predicted molar refractivity (Wildman–Crippen MR) is 174 cm³/mol. The van der Waals surface area contributed by atoms with Crippen LogP contribution in [0.25, 0.3) is 5.82 Å². The second kappa shape index (κ2) is 14.8. The summed E-state index contributed by atoms with van der Waals surface area (Å²) in [6.45, 7) is 3.31. The molecule has 0 bridgehead atoms. The van der Waals surface area contributed by atoms with E-state index in [1.54, 1.807) is 23.0 Å². The lowest BCUT2D eigenvalue weighted by Gasteiger charge is -2.50. The van der Waals surface area contributed by atoms with Crippen molar-refractivity contribution in [3.8, 4) is 11.6 Å². The van der Waals surface area contributed by atoms with Gasteiger partial charge in [-0.05, 0) is 32.9 Å². The molecular weight excluding hydrogens is 720 g/mol. The van der Waals surface area contributed by atoms with Crippen molar-refractivity contribution in [2.24, 2.45) is 10.9 Å². The number of hydrogen-bond donors (Lipinski definition) is 6. The molecule has 2 aliphatic heterocycles. The summed E-state index contributed by atoms with van der Waals surface area (Å²) < 4.78 is 59.5. The average molecular weight is 756 g/mol. The molecule has 51 heavy (non-hydrogen) atoms. The van der Waals surface area contributed by atoms with E-state index in [1.807, 2.05) is 10.8 Å². The van der Waals surface area contributed by atoms with Gasteiger partial charge in [-0.15, -0.1) is 20.6 Å². The molecule has 0 saturated carbocycles. The van der Waals surface area contributed by atoms with E-state index < -0.39 is 63.9 Å². The largest absolute Gasteiger partial charge is 0.486 e. The van der Waals surface area contributed by atoms with Crippen LogP contribution >= 0.6 is 11.3 Å². The van der Waals surface area contributed by atoms with Crippen molar-refractivity contribution >= 4 is 50.4 Å². The maximum atomic E-state index is 14.9. The fraction of sp³-hybridized carbons (Fsp3) is 0.464. The molecule has 2 atom stereocenters. The molecule has 8 N–H and O–H groups in total. The maximum Gasteiger partial charge on any atom is 0.418 e. The first-order chi connectivity index (χ1) is 24.0. The third kappa shape index (κ3) is 8.74. The molecule has 2 aliphatic rings. The molecule has 0 radical (unpaired) electrons. The van der Waals surface area contributed by atoms with Crippen LogP contribution in [0.15, 0.2) is 41.4 Å². The van der Waals surface area contributed by atoms with Gasteiger partial charge in [-0.2, -0.15) is 13.5 Å². The highest BCUT2D eigenvalue weighted by molar-refractivity contribution is 7.80. The quantitative estimate of drug-likeness (QED) is 0.0301. The number of rotatable bonds is 17. The SMILES string of the molecule is CC1(C)[C@H](NC(=O)/C(=N\O[C@@H](COc2ccc(-[n+]3cc(CCCN)n(CC4(F)CNC4)c3)nc2)C(=O)O)c2csc(N)n2)C(=O)N1OS(=O)(=O)O. The number of carbonyl (C=O) groups is 3. The van der Waals surface area contributed by atoms with E-state index in [-0.39, 0.29) is 36.2 Å². The number of nitrogen functional groups attached to an aromatic ring is 1. The Bertz CT molecular complexity index is 1910. The van der Waals surface area contributed by atoms with Gasteiger partial charge in [-0.25, -0.2) is 18.7 Å². The molecule has 0 spiro atoms. The molecule has 276 valence electrons. The number of nitrogens with one attached hydrogen (secondary N) is 2. The molecule has 0 aliphatic carbocycles. The van der Waals surface area contributed by atoms with E-state index in [0.29, 0.717) is 23.8 Å². The third-order valence-corrected chi connectivity index (χ3v) is 8.94. The first-order valence-corrected chi connectivity index (χ1v) is 17.5. The zero-order valence-corrected chi connectivity index (χ0v) is 28.9. The van der Waals surface area contributed by atoms with Crippen molar-refractivity contribution in [2.75, 3.05) is 32.0 Å². The van der Waals surface area contributed by atoms with Gasteiger partial charge in [0.25, 0.3) is 23.7 Å². The molecule has 0 unspecified atom stereocenters. The number of amides is 2. The van der Waals surface area contributed by atoms with Crippen LogP contribution in [0.4, 0.5) is 9.52 Å². The summed E-state index contributed by atoms with van der Waals surface area (Å²) in [5.74, 6) is -2.89. The molecule has 3 aromatic heterocycles. The predicted octanol–water partition coefficient (Wildman–Crippen LogP) is -1.51. The summed E-state index contributed by atoms with van der Waals surface area (Å²) >= 11 is 0.940. The monoisotopic (exact) mass is 755 g/mol. The van der Waals surface area contributed by atoms with E-state index in [1.165, 1.54) is 25.4 Å². The number of pyridine rings is 1. The number of imidazole rings is 1. The standard InChI is InChI=1S/C28H35FN10O10S2/c1-27(2)22(24(41)39(27)49-51(44,45)46)35-23(40)21(18-11-50-26(31)34-18)36-48-19(25(42)43)10-47-17-5-6-20(33-8-17)37-9-16(4-3-7-30)38(15-37)14-28(29)12-32-13-28/h5-6,8-9,11,15,19,22,32H,3-4,7,10,12-14,30H2,1-2H3,(H4-,31,34,35,40,42,43,44,45,46)/p+1/b36-21-/t19-,22+/m0/s1. The molecule has 2 fully saturated rings. The number of thiazole rings is 1. The number of carboxylic acid groups (broad SMARTS) is 1. The zero-order chi connectivity index (χ0) is 37.1. The van der Waals surface area contributed by atoms with E-state index >= 15 is 0 Å². The van der Waals surface area contributed by atoms with Crippen molar-refractivity contribution in [3.63, 3.8) is 0 Å². The lowest BCUT2D eigenvalue weighted by molar-refractivity contribution is -0.599. The van der Waals surface area contributed by atoms with Crippen molar-refractivity contribution in [2.45, 2.75) is 56.6 Å². The Morgan fingerprint density at radius 3 is 2.63 bits per heavy atom. The fourth-order valence-corrected chi connectivity index (χ4v) is 6.13. The number of aliphatic carboxylic acids is 1. The number of alkyl halides is 1. The van der Waals surface area contributed by atoms with Gasteiger partial charge in [-0.1, -0.05) is 5.16 Å². The van der Waals surface area contributed by atoms with Gasteiger partial charge >= 0.3 is 16.4 Å². The number of carboxylic acids is 1. The number of halogens is 1. The highest BCUT2D eigenvalue weighted by atomic mass is 32.3. The Hall–Kier alpha value is -4.81. The number of hydrogen-bond acceptors (Lipinski definition) is 15. The van der Waals surface area contributed by atoms with E-state index in [9.17, 15) is 32.3 Å². The Morgan fingerprint density at radius 2 is 2.08 bits per heavy atom. The van der Waals surface area contributed by atoms with Crippen molar-refractivity contribution < 1.29 is 55.3 Å². The van der Waals surface area contributed by atoms with Gasteiger partial charge in [0.2, 0.25) is 0 Å². The van der Waals surface area contributed by atoms with Crippen molar-refractivity contribution in [1.29, 1.82) is 0 Å². The fourth-order valence-electron chi connectivity index (χ4n) is 5.13. The number of ether oxygens (including phenoxy) is 1. The number of nitrogens with two attached hydrogens (primary N) is 2. The normalized spacial score (nSPS) is 18.8. The number of β-lactam (4-membered cyclic amide) rings is 1. The summed E-state index contributed by atoms with van der Waals surface area (Å²) in [4.78, 5) is 51.4. The van der Waals surface area contributed by atoms with Gasteiger partial charge in [0.1, 0.15) is 43.0 Å². The number of carbonyl (C=O) groups excluding carboxylic acids is 2. The summed E-state index contributed by atoms with van der Waals surface area (Å²) in [6.07, 6.45) is 4.57. The van der Waals surface area contributed by atoms with Crippen LogP contribution in [0.3, 0.4) is 0 Å². The van der Waals surface area contributed by atoms with Gasteiger partial charge in [0.05, 0.1) is 5.54 Å². The smallest absolute Gasteiger partial charge is 0.418 e. The van der Waals surface area contributed by atoms with Crippen LogP contribution in [-0.2, 0) is 46.9 Å². The Labute approximate surface area is 294 Å². The summed E-state index contributed by atoms with van der Waals surface area (Å²) in [7, 11) is -5.04. The molecule has 2 saturated heterocycles. The van der Waals surface area contributed by atoms with Gasteiger partial charge in [0.15, 0.2) is 28.6 Å². The molecule has 23 heteroatoms. The minimum absolute atomic E-state index is 0.0378. The highest BCUT2D eigenvalue weighted by Crippen LogP contribution is 2.33. The van der Waals surface area contributed by atoms with Crippen LogP contribution in [-0.4, -0.2) is 111 Å². The lowest BCUT2D eigenvalue weighted by Crippen LogP contribution is -2.76. The first kappa shape index (κ1) is 37.4. The number of oxime groups is 1. The number of anilines is 1. The van der Waals surface area contributed by atoms with E-state index in [4.69, 9.17) is 25.6 Å². The Morgan fingerprint density at radius 1 is 1.33 bits per heavy atom. The third-order valence-electron chi connectivity index (χ3n) is 7.93. The van der Waals surface area contributed by atoms with Crippen LogP contribution in [0.5, 0.6) is 5.75 Å². The minimum Gasteiger partial charge on any atom is -0.486 e. The van der Waals surface area contributed by atoms with Crippen LogP contribution in [0.2, 0.25) is 0 Å². The number of nitrogens with zero attached hydrogens (tertiary/aromatic N) is 6. The highest BCUT2D eigenvalue weighted by Gasteiger charge is 2.58. The molecule has 5 rings (SSSR count). The second-order valence-electron chi connectivity index (χ2n) is 12.2. The van der Waals surface area contributed by atoms with Gasteiger partial charge in [0, 0.05) is 31.0 Å². The lowest BCUT2D eigenvalue weighted by atomic mass is 9.84. The summed E-state index contributed by atoms with van der Waals surface area (Å²) in [6, 6.07) is 1.82. The maximum absolute atomic E-state index is 14.9. The van der Waals surface area contributed by atoms with Crippen LogP contribution in [0.1, 0.15) is 31.7 Å². The van der Waals surface area contributed by atoms with Gasteiger partial charge in [-0.3, -0.25) is 18.7 Å². The summed E-state index contributed by atoms with van der Waals surface area (Å²) in [5.41, 5.74) is 8.81. The average Bonchev–Trinajstić information content (AvgIpc) is 3.67. The zero-order valence-electron chi connectivity index (χ0n) is 27.3. The molecular formula is C28H36FN10O10S2+. The summed E-state index contributed by atoms with van der Waals surface area (Å²) in [5, 5.41) is 20.5. The van der Waals surface area contributed by atoms with Crippen molar-refractivity contribution in [3.05, 3.63) is 47.6 Å². The van der Waals surface area contributed by atoms with Crippen LogP contribution in [0, 0.1) is 0 Å². The van der Waals surface area contributed by atoms with Crippen LogP contribution < -0.4 is 31.4 Å². The second-order valence-corrected chi connectivity index (χ2v) is 14.1. The minimum atomic E-state index is -5.04. The first-order valence-electron chi connectivity index (χ1n) is 15.3. The van der Waals surface area contributed by atoms with E-state index in [2.05, 4.69) is 30.0 Å². The Balaban J connectivity index is 1.26.